The molecule has 0 saturated carbocycles. The summed E-state index contributed by atoms with van der Waals surface area (Å²) in [5, 5.41) is 9.65. The lowest BCUT2D eigenvalue weighted by atomic mass is 10.1. The van der Waals surface area contributed by atoms with E-state index in [9.17, 15) is 9.18 Å². The van der Waals surface area contributed by atoms with Crippen molar-refractivity contribution in [1.82, 2.24) is 14.9 Å². The van der Waals surface area contributed by atoms with E-state index < -0.39 is 0 Å². The van der Waals surface area contributed by atoms with Gasteiger partial charge in [-0.3, -0.25) is 9.80 Å². The fourth-order valence-electron chi connectivity index (χ4n) is 3.44. The van der Waals surface area contributed by atoms with Crippen LogP contribution >= 0.6 is 0 Å². The first kappa shape index (κ1) is 24.2. The average Bonchev–Trinajstić information content (AvgIpc) is 3.20. The topological polar surface area (TPSA) is 62.0 Å². The minimum atomic E-state index is -0.268. The van der Waals surface area contributed by atoms with Crippen LogP contribution in [0.15, 0.2) is 75.0 Å². The van der Waals surface area contributed by atoms with E-state index in [1.165, 1.54) is 6.07 Å². The highest BCUT2D eigenvalue weighted by molar-refractivity contribution is 6.09. The SMILES string of the molecule is C\C=C/C(=N/C(NC1CC=NN1C)=C(\C)CC)c1ccn(Cc2ccc(C)c(F)c2)c(=O)c1. The molecule has 0 radical (unpaired) electrons. The predicted molar refractivity (Wildman–Crippen MR) is 133 cm³/mol. The van der Waals surface area contributed by atoms with Crippen LogP contribution in [0.1, 0.15) is 50.3 Å². The molecule has 7 heteroatoms. The van der Waals surface area contributed by atoms with Gasteiger partial charge in [0.15, 0.2) is 0 Å². The third kappa shape index (κ3) is 6.06. The Hall–Kier alpha value is -3.48. The molecule has 0 fully saturated rings. The van der Waals surface area contributed by atoms with Gasteiger partial charge in [0, 0.05) is 37.5 Å². The molecular weight excluding hydrogens is 417 g/mol. The maximum Gasteiger partial charge on any atom is 0.251 e. The molecule has 0 spiro atoms. The summed E-state index contributed by atoms with van der Waals surface area (Å²) in [6.07, 6.45) is 9.10. The number of benzene rings is 1. The number of halogens is 1. The minimum absolute atomic E-state index is 0.0417. The number of allylic oxidation sites excluding steroid dienone is 3. The van der Waals surface area contributed by atoms with E-state index in [0.29, 0.717) is 17.8 Å². The van der Waals surface area contributed by atoms with Crippen molar-refractivity contribution in [2.75, 3.05) is 7.05 Å². The Morgan fingerprint density at radius 1 is 1.33 bits per heavy atom. The Bertz CT molecular complexity index is 1180. The molecule has 1 aromatic heterocycles. The van der Waals surface area contributed by atoms with E-state index >= 15 is 0 Å². The van der Waals surface area contributed by atoms with Gasteiger partial charge in [-0.25, -0.2) is 9.38 Å². The van der Waals surface area contributed by atoms with Crippen LogP contribution in [0.2, 0.25) is 0 Å². The highest BCUT2D eigenvalue weighted by Crippen LogP contribution is 2.15. The van der Waals surface area contributed by atoms with Crippen molar-refractivity contribution in [2.24, 2.45) is 10.1 Å². The summed E-state index contributed by atoms with van der Waals surface area (Å²) < 4.78 is 15.5. The normalized spacial score (nSPS) is 17.1. The maximum absolute atomic E-state index is 13.9. The lowest BCUT2D eigenvalue weighted by Crippen LogP contribution is -2.37. The first-order chi connectivity index (χ1) is 15.8. The third-order valence-electron chi connectivity index (χ3n) is 5.72. The fraction of sp³-hybridized carbons (Fsp3) is 0.346. The lowest BCUT2D eigenvalue weighted by Gasteiger charge is -2.23. The second-order valence-electron chi connectivity index (χ2n) is 8.21. The number of pyridine rings is 1. The zero-order chi connectivity index (χ0) is 24.0. The van der Waals surface area contributed by atoms with Crippen LogP contribution in [-0.4, -0.2) is 34.7 Å². The summed E-state index contributed by atoms with van der Waals surface area (Å²) in [6, 6.07) is 8.49. The van der Waals surface area contributed by atoms with E-state index in [4.69, 9.17) is 4.99 Å². The van der Waals surface area contributed by atoms with Crippen LogP contribution in [0.5, 0.6) is 0 Å². The average molecular weight is 450 g/mol. The van der Waals surface area contributed by atoms with Crippen molar-refractivity contribution in [3.8, 4) is 0 Å². The molecule has 0 aliphatic carbocycles. The third-order valence-corrected chi connectivity index (χ3v) is 5.72. The highest BCUT2D eigenvalue weighted by atomic mass is 19.1. The Morgan fingerprint density at radius 3 is 2.73 bits per heavy atom. The molecule has 1 unspecified atom stereocenters. The second-order valence-corrected chi connectivity index (χ2v) is 8.21. The molecule has 1 aliphatic heterocycles. The van der Waals surface area contributed by atoms with Crippen LogP contribution < -0.4 is 10.9 Å². The number of aromatic nitrogens is 1. The summed E-state index contributed by atoms with van der Waals surface area (Å²) in [5.74, 6) is 0.517. The van der Waals surface area contributed by atoms with E-state index in [1.807, 2.05) is 56.4 Å². The quantitative estimate of drug-likeness (QED) is 0.600. The van der Waals surface area contributed by atoms with Crippen molar-refractivity contribution < 1.29 is 4.39 Å². The maximum atomic E-state index is 13.9. The van der Waals surface area contributed by atoms with Crippen LogP contribution in [0.25, 0.3) is 0 Å². The molecule has 2 heterocycles. The van der Waals surface area contributed by atoms with Crippen molar-refractivity contribution >= 4 is 11.9 Å². The molecule has 1 atom stereocenters. The number of hydrogen-bond donors (Lipinski definition) is 1. The smallest absolute Gasteiger partial charge is 0.251 e. The molecule has 2 aromatic rings. The number of hydrazone groups is 1. The van der Waals surface area contributed by atoms with Gasteiger partial charge < -0.3 is 9.88 Å². The van der Waals surface area contributed by atoms with Crippen molar-refractivity contribution in [1.29, 1.82) is 0 Å². The monoisotopic (exact) mass is 449 g/mol. The summed E-state index contributed by atoms with van der Waals surface area (Å²) in [5.41, 5.74) is 3.70. The molecule has 1 aliphatic rings. The molecule has 6 nitrogen and oxygen atoms in total. The Balaban J connectivity index is 1.91. The number of nitrogens with one attached hydrogen (secondary N) is 1. The molecule has 3 rings (SSSR count). The highest BCUT2D eigenvalue weighted by Gasteiger charge is 2.18. The van der Waals surface area contributed by atoms with Gasteiger partial charge in [-0.15, -0.1) is 0 Å². The van der Waals surface area contributed by atoms with Crippen LogP contribution in [0.4, 0.5) is 4.39 Å². The molecule has 33 heavy (non-hydrogen) atoms. The molecular formula is C26H32FN5O. The number of nitrogens with zero attached hydrogens (tertiary/aromatic N) is 4. The Morgan fingerprint density at radius 2 is 2.12 bits per heavy atom. The van der Waals surface area contributed by atoms with E-state index in [2.05, 4.69) is 17.3 Å². The summed E-state index contributed by atoms with van der Waals surface area (Å²) >= 11 is 0. The Labute approximate surface area is 194 Å². The van der Waals surface area contributed by atoms with Gasteiger partial charge in [-0.05, 0) is 62.1 Å². The molecule has 174 valence electrons. The number of rotatable bonds is 8. The van der Waals surface area contributed by atoms with Crippen LogP contribution in [0, 0.1) is 12.7 Å². The standard InChI is InChI=1S/C26H32FN5O/c1-6-8-23(29-26(18(3)7-2)30-24-11-13-28-31(24)5)21-12-14-32(25(33)16-21)17-20-10-9-19(4)22(27)15-20/h6,8-10,12-16,24,30H,7,11,17H2,1-5H3/b8-6-,26-18-,29-23-. The van der Waals surface area contributed by atoms with Crippen LogP contribution in [0.3, 0.4) is 0 Å². The van der Waals surface area contributed by atoms with Crippen molar-refractivity contribution in [3.05, 3.63) is 92.9 Å². The summed E-state index contributed by atoms with van der Waals surface area (Å²) in [4.78, 5) is 17.7. The van der Waals surface area contributed by atoms with Gasteiger partial charge in [0.2, 0.25) is 0 Å². The number of hydrogen-bond acceptors (Lipinski definition) is 5. The van der Waals surface area contributed by atoms with E-state index in [1.54, 1.807) is 29.8 Å². The Kier molecular flexibility index (Phi) is 7.98. The second kappa shape index (κ2) is 10.9. The van der Waals surface area contributed by atoms with Crippen molar-refractivity contribution in [3.63, 3.8) is 0 Å². The number of aliphatic imine (C=N–C) groups is 1. The first-order valence-electron chi connectivity index (χ1n) is 11.2. The summed E-state index contributed by atoms with van der Waals surface area (Å²) in [7, 11) is 1.93. The van der Waals surface area contributed by atoms with Gasteiger partial charge in [0.05, 0.1) is 12.3 Å². The van der Waals surface area contributed by atoms with Gasteiger partial charge in [-0.1, -0.05) is 25.1 Å². The minimum Gasteiger partial charge on any atom is -0.348 e. The van der Waals surface area contributed by atoms with Crippen LogP contribution in [-0.2, 0) is 6.54 Å². The summed E-state index contributed by atoms with van der Waals surface area (Å²) in [6.45, 7) is 8.09. The van der Waals surface area contributed by atoms with Gasteiger partial charge in [0.1, 0.15) is 17.8 Å². The van der Waals surface area contributed by atoms with E-state index in [-0.39, 0.29) is 17.5 Å². The molecule has 1 aromatic carbocycles. The van der Waals surface area contributed by atoms with Gasteiger partial charge in [0.25, 0.3) is 5.56 Å². The first-order valence-corrected chi connectivity index (χ1v) is 11.2. The number of aryl methyl sites for hydroxylation is 1. The van der Waals surface area contributed by atoms with Crippen molar-refractivity contribution in [2.45, 2.75) is 53.2 Å². The predicted octanol–water partition coefficient (Wildman–Crippen LogP) is 4.59. The molecule has 0 saturated heterocycles. The molecule has 0 bridgehead atoms. The zero-order valence-electron chi connectivity index (χ0n) is 20.0. The zero-order valence-corrected chi connectivity index (χ0v) is 20.0. The van der Waals surface area contributed by atoms with Gasteiger partial charge in [-0.2, -0.15) is 5.10 Å². The molecule has 1 N–H and O–H groups in total. The van der Waals surface area contributed by atoms with Gasteiger partial charge >= 0.3 is 0 Å². The fourth-order valence-corrected chi connectivity index (χ4v) is 3.44. The molecule has 0 amide bonds. The lowest BCUT2D eigenvalue weighted by molar-refractivity contribution is 0.255. The van der Waals surface area contributed by atoms with E-state index in [0.717, 1.165) is 35.4 Å². The largest absolute Gasteiger partial charge is 0.348 e.